The van der Waals surface area contributed by atoms with E-state index in [9.17, 15) is 9.90 Å². The van der Waals surface area contributed by atoms with E-state index in [1.54, 1.807) is 6.07 Å². The summed E-state index contributed by atoms with van der Waals surface area (Å²) in [5, 5.41) is 10.4. The lowest BCUT2D eigenvalue weighted by Gasteiger charge is -1.99. The Balaban J connectivity index is 2.68. The Hall–Kier alpha value is -1.84. The molecule has 0 bridgehead atoms. The average Bonchev–Trinajstić information content (AvgIpc) is 2.49. The van der Waals surface area contributed by atoms with Gasteiger partial charge in [-0.1, -0.05) is 6.07 Å². The lowest BCUT2D eigenvalue weighted by Crippen LogP contribution is -2.21. The number of H-pyrrole nitrogens is 1. The summed E-state index contributed by atoms with van der Waals surface area (Å²) >= 11 is 0. The molecule has 0 radical (unpaired) electrons. The first-order valence-corrected chi connectivity index (χ1v) is 3.42. The number of nitrogens with zero attached hydrogens (tertiary/aromatic N) is 1. The molecule has 4 heteroatoms. The highest BCUT2D eigenvalue weighted by Crippen LogP contribution is 2.10. The van der Waals surface area contributed by atoms with Crippen LogP contribution in [0.4, 0.5) is 0 Å². The molecule has 0 aliphatic carbocycles. The molecular weight excluding hydrogens is 156 g/mol. The van der Waals surface area contributed by atoms with Gasteiger partial charge in [-0.2, -0.15) is 0 Å². The van der Waals surface area contributed by atoms with Crippen molar-refractivity contribution < 1.29 is 9.90 Å². The van der Waals surface area contributed by atoms with E-state index in [4.69, 9.17) is 0 Å². The zero-order valence-corrected chi connectivity index (χ0v) is 6.07. The normalized spacial score (nSPS) is 10.3. The SMILES string of the molecule is O=C([O-])c1ccc2nc[nH]c2c1. The van der Waals surface area contributed by atoms with Gasteiger partial charge in [0.1, 0.15) is 0 Å². The summed E-state index contributed by atoms with van der Waals surface area (Å²) in [6, 6.07) is 4.60. The predicted octanol–water partition coefficient (Wildman–Crippen LogP) is -0.0736. The van der Waals surface area contributed by atoms with Gasteiger partial charge in [0.2, 0.25) is 0 Å². The average molecular weight is 161 g/mol. The molecule has 0 unspecified atom stereocenters. The third-order valence-corrected chi connectivity index (χ3v) is 1.66. The van der Waals surface area contributed by atoms with Crippen molar-refractivity contribution in [3.63, 3.8) is 0 Å². The second-order valence-electron chi connectivity index (χ2n) is 2.42. The van der Waals surface area contributed by atoms with Crippen LogP contribution in [0.5, 0.6) is 0 Å². The van der Waals surface area contributed by atoms with Crippen molar-refractivity contribution in [2.24, 2.45) is 0 Å². The fourth-order valence-electron chi connectivity index (χ4n) is 1.06. The van der Waals surface area contributed by atoms with Crippen LogP contribution < -0.4 is 5.11 Å². The predicted molar refractivity (Wildman–Crippen MR) is 40.4 cm³/mol. The van der Waals surface area contributed by atoms with Gasteiger partial charge in [0.25, 0.3) is 0 Å². The smallest absolute Gasteiger partial charge is 0.0931 e. The number of aromatic amines is 1. The molecule has 1 aromatic heterocycles. The minimum atomic E-state index is -1.17. The number of rotatable bonds is 1. The van der Waals surface area contributed by atoms with Gasteiger partial charge >= 0.3 is 0 Å². The highest BCUT2D eigenvalue weighted by Gasteiger charge is 1.97. The second-order valence-corrected chi connectivity index (χ2v) is 2.42. The fraction of sp³-hybridized carbons (Fsp3) is 0. The first-order chi connectivity index (χ1) is 5.77. The van der Waals surface area contributed by atoms with Crippen molar-refractivity contribution in [3.05, 3.63) is 30.1 Å². The Kier molecular flexibility index (Phi) is 1.33. The number of carboxylic acid groups (broad SMARTS) is 1. The second kappa shape index (κ2) is 2.34. The van der Waals surface area contributed by atoms with Crippen LogP contribution in [0.3, 0.4) is 0 Å². The number of carbonyl (C=O) groups is 1. The topological polar surface area (TPSA) is 68.8 Å². The molecule has 2 rings (SSSR count). The molecule has 60 valence electrons. The third-order valence-electron chi connectivity index (χ3n) is 1.66. The molecule has 0 aliphatic rings. The summed E-state index contributed by atoms with van der Waals surface area (Å²) in [6.07, 6.45) is 1.52. The van der Waals surface area contributed by atoms with E-state index >= 15 is 0 Å². The highest BCUT2D eigenvalue weighted by molar-refractivity contribution is 5.90. The molecule has 0 spiro atoms. The number of nitrogens with one attached hydrogen (secondary N) is 1. The number of imidazole rings is 1. The minimum absolute atomic E-state index is 0.159. The summed E-state index contributed by atoms with van der Waals surface area (Å²) in [4.78, 5) is 17.2. The van der Waals surface area contributed by atoms with Crippen molar-refractivity contribution in [1.82, 2.24) is 9.97 Å². The summed E-state index contributed by atoms with van der Waals surface area (Å²) in [6.45, 7) is 0. The molecule has 0 saturated heterocycles. The van der Waals surface area contributed by atoms with Crippen LogP contribution in [0, 0.1) is 0 Å². The number of carboxylic acids is 1. The summed E-state index contributed by atoms with van der Waals surface area (Å²) in [5.41, 5.74) is 1.61. The summed E-state index contributed by atoms with van der Waals surface area (Å²) in [7, 11) is 0. The lowest BCUT2D eigenvalue weighted by atomic mass is 10.2. The van der Waals surface area contributed by atoms with E-state index in [-0.39, 0.29) is 5.56 Å². The quantitative estimate of drug-likeness (QED) is 0.636. The monoisotopic (exact) mass is 161 g/mol. The fourth-order valence-corrected chi connectivity index (χ4v) is 1.06. The maximum Gasteiger partial charge on any atom is 0.0931 e. The minimum Gasteiger partial charge on any atom is -0.545 e. The van der Waals surface area contributed by atoms with Crippen LogP contribution in [0.15, 0.2) is 24.5 Å². The van der Waals surface area contributed by atoms with Gasteiger partial charge in [0, 0.05) is 0 Å². The van der Waals surface area contributed by atoms with E-state index in [0.29, 0.717) is 5.52 Å². The van der Waals surface area contributed by atoms with Gasteiger partial charge in [-0.25, -0.2) is 4.98 Å². The zero-order chi connectivity index (χ0) is 8.55. The van der Waals surface area contributed by atoms with Gasteiger partial charge < -0.3 is 14.9 Å². The molecule has 4 nitrogen and oxygen atoms in total. The molecule has 1 N–H and O–H groups in total. The number of benzene rings is 1. The van der Waals surface area contributed by atoms with Crippen molar-refractivity contribution in [3.8, 4) is 0 Å². The first kappa shape index (κ1) is 6.84. The Bertz CT molecular complexity index is 433. The van der Waals surface area contributed by atoms with E-state index in [0.717, 1.165) is 5.52 Å². The van der Waals surface area contributed by atoms with Crippen LogP contribution in [0.2, 0.25) is 0 Å². The molecule has 2 aromatic rings. The standard InChI is InChI=1S/C8H6N2O2/c11-8(12)5-1-2-6-7(3-5)10-4-9-6/h1-4H,(H,9,10)(H,11,12)/p-1. The Morgan fingerprint density at radius 2 is 2.33 bits per heavy atom. The molecule has 12 heavy (non-hydrogen) atoms. The number of aromatic nitrogens is 2. The van der Waals surface area contributed by atoms with E-state index < -0.39 is 5.97 Å². The molecule has 0 saturated carbocycles. The van der Waals surface area contributed by atoms with E-state index in [1.807, 2.05) is 0 Å². The van der Waals surface area contributed by atoms with Gasteiger partial charge in [-0.05, 0) is 17.7 Å². The summed E-state index contributed by atoms with van der Waals surface area (Å²) < 4.78 is 0. The van der Waals surface area contributed by atoms with E-state index in [2.05, 4.69) is 9.97 Å². The van der Waals surface area contributed by atoms with Crippen molar-refractivity contribution >= 4 is 17.0 Å². The largest absolute Gasteiger partial charge is 0.545 e. The van der Waals surface area contributed by atoms with Crippen LogP contribution in [0.25, 0.3) is 11.0 Å². The Morgan fingerprint density at radius 3 is 3.08 bits per heavy atom. The molecule has 0 aliphatic heterocycles. The zero-order valence-electron chi connectivity index (χ0n) is 6.07. The highest BCUT2D eigenvalue weighted by atomic mass is 16.4. The lowest BCUT2D eigenvalue weighted by molar-refractivity contribution is -0.255. The number of hydrogen-bond donors (Lipinski definition) is 1. The maximum atomic E-state index is 10.4. The van der Waals surface area contributed by atoms with Gasteiger partial charge in [-0.3, -0.25) is 0 Å². The van der Waals surface area contributed by atoms with Gasteiger partial charge in [-0.15, -0.1) is 0 Å². The van der Waals surface area contributed by atoms with Gasteiger partial charge in [0.15, 0.2) is 0 Å². The number of carbonyl (C=O) groups excluding carboxylic acids is 1. The molecular formula is C8H5N2O2-. The number of aromatic carboxylic acids is 1. The molecule has 0 amide bonds. The molecule has 1 heterocycles. The molecule has 0 fully saturated rings. The van der Waals surface area contributed by atoms with Crippen LogP contribution in [0.1, 0.15) is 10.4 Å². The van der Waals surface area contributed by atoms with Crippen LogP contribution >= 0.6 is 0 Å². The van der Waals surface area contributed by atoms with Crippen molar-refractivity contribution in [2.45, 2.75) is 0 Å². The van der Waals surface area contributed by atoms with Gasteiger partial charge in [0.05, 0.1) is 23.3 Å². The van der Waals surface area contributed by atoms with Crippen LogP contribution in [-0.2, 0) is 0 Å². The van der Waals surface area contributed by atoms with Crippen LogP contribution in [-0.4, -0.2) is 15.9 Å². The van der Waals surface area contributed by atoms with Crippen molar-refractivity contribution in [1.29, 1.82) is 0 Å². The summed E-state index contributed by atoms with van der Waals surface area (Å²) in [5.74, 6) is -1.17. The van der Waals surface area contributed by atoms with Crippen molar-refractivity contribution in [2.75, 3.05) is 0 Å². The Morgan fingerprint density at radius 1 is 1.50 bits per heavy atom. The molecule has 1 aromatic carbocycles. The van der Waals surface area contributed by atoms with E-state index in [1.165, 1.54) is 18.5 Å². The third kappa shape index (κ3) is 0.934. The maximum absolute atomic E-state index is 10.4. The number of fused-ring (bicyclic) bond motifs is 1. The Labute approximate surface area is 67.9 Å². The number of hydrogen-bond acceptors (Lipinski definition) is 3. The molecule has 0 atom stereocenters. The first-order valence-electron chi connectivity index (χ1n) is 3.42.